The van der Waals surface area contributed by atoms with Gasteiger partial charge >= 0.3 is 11.9 Å². The van der Waals surface area contributed by atoms with Crippen molar-refractivity contribution in [3.8, 4) is 17.2 Å². The number of Topliss-reactive ketones (excluding diaryl/α,β-unsaturated/α-hetero) is 2. The number of esters is 1. The summed E-state index contributed by atoms with van der Waals surface area (Å²) in [6, 6.07) is 0. The summed E-state index contributed by atoms with van der Waals surface area (Å²) in [5.74, 6) is -4.67. The van der Waals surface area contributed by atoms with E-state index in [4.69, 9.17) is 23.7 Å². The van der Waals surface area contributed by atoms with Gasteiger partial charge in [-0.25, -0.2) is 9.59 Å². The second-order valence-corrected chi connectivity index (χ2v) is 17.6. The largest absolute Gasteiger partial charge is 0.506 e. The average molecular weight is 805 g/mol. The van der Waals surface area contributed by atoms with Crippen LogP contribution in [0.1, 0.15) is 103 Å². The van der Waals surface area contributed by atoms with Crippen molar-refractivity contribution in [1.82, 2.24) is 0 Å². The Morgan fingerprint density at radius 2 is 1.62 bits per heavy atom. The Bertz CT molecular complexity index is 2130. The molecule has 1 spiro atoms. The zero-order chi connectivity index (χ0) is 42.4. The van der Waals surface area contributed by atoms with Gasteiger partial charge in [0.1, 0.15) is 46.7 Å². The SMILES string of the molecule is CC(C)=CCC[C@]1(C)C=Cc2c(O)c3c(c(CC=C(C)C)c2O1)O[C@]12C(=C[C@@H]4C[C@H]1C(C)(C)O[C@@]2(C/C=C(/C)C(=O)O[C@@H]1O[C@H](C(=O)O)[C@@H](O)[C@H](O)[C@H]1O)C4=O)C3=O. The summed E-state index contributed by atoms with van der Waals surface area (Å²) in [5.41, 5.74) is -2.19. The van der Waals surface area contributed by atoms with Crippen LogP contribution in [0.2, 0.25) is 0 Å². The van der Waals surface area contributed by atoms with Gasteiger partial charge in [0.2, 0.25) is 6.29 Å². The van der Waals surface area contributed by atoms with Crippen molar-refractivity contribution in [2.75, 3.05) is 0 Å². The van der Waals surface area contributed by atoms with Crippen LogP contribution in [0.5, 0.6) is 17.2 Å². The molecule has 4 bridgehead atoms. The molecular formula is C44H52O14. The van der Waals surface area contributed by atoms with E-state index in [9.17, 15) is 44.7 Å². The van der Waals surface area contributed by atoms with E-state index < -0.39 is 82.7 Å². The Balaban J connectivity index is 1.31. The molecule has 0 amide bonds. The third-order valence-corrected chi connectivity index (χ3v) is 12.5. The highest BCUT2D eigenvalue weighted by atomic mass is 16.7. The predicted octanol–water partition coefficient (Wildman–Crippen LogP) is 4.59. The van der Waals surface area contributed by atoms with Gasteiger partial charge in [0.05, 0.1) is 11.2 Å². The normalized spacial score (nSPS) is 35.1. The van der Waals surface area contributed by atoms with Gasteiger partial charge in [0.15, 0.2) is 28.9 Å². The fourth-order valence-electron chi connectivity index (χ4n) is 9.52. The molecule has 1 saturated carbocycles. The van der Waals surface area contributed by atoms with Crippen molar-refractivity contribution in [3.05, 3.63) is 69.4 Å². The number of aliphatic hydroxyl groups excluding tert-OH is 3. The van der Waals surface area contributed by atoms with Crippen molar-refractivity contribution in [3.63, 3.8) is 0 Å². The molecule has 1 aromatic rings. The van der Waals surface area contributed by atoms with E-state index in [1.54, 1.807) is 12.2 Å². The fourth-order valence-corrected chi connectivity index (χ4v) is 9.52. The standard InChI is InChI=1S/C44H52O14/c1-20(2)10-9-15-42(8)16-14-24-29(45)28-30(46)26-18-23-19-27-41(6,7)58-43(37(23)50,44(26,27)57-35(28)25(34(24)56-42)12-11-21(3)4)17-13-22(5)39(53)55-40-33(49)31(47)32(48)36(54-40)38(51)52/h10-11,13-14,16,18,23,27,31-33,36,40,45,47-49H,9,12,15,17,19H2,1-8H3,(H,51,52)/b22-13-/t23-,27+,31+,32+,33-,36+,40+,42-,43+,44-/m1/s1. The van der Waals surface area contributed by atoms with Crippen LogP contribution >= 0.6 is 0 Å². The number of carbonyl (C=O) groups excluding carboxylic acids is 3. The Morgan fingerprint density at radius 3 is 2.28 bits per heavy atom. The molecule has 312 valence electrons. The number of phenols is 1. The van der Waals surface area contributed by atoms with E-state index in [0.717, 1.165) is 12.0 Å². The maximum absolute atomic E-state index is 15.0. The van der Waals surface area contributed by atoms with E-state index in [1.165, 1.54) is 18.6 Å². The van der Waals surface area contributed by atoms with Crippen molar-refractivity contribution in [1.29, 1.82) is 0 Å². The van der Waals surface area contributed by atoms with E-state index >= 15 is 0 Å². The number of aliphatic carboxylic acids is 1. The number of carboxylic acids is 1. The van der Waals surface area contributed by atoms with Gasteiger partial charge in [-0.2, -0.15) is 0 Å². The maximum atomic E-state index is 15.0. The van der Waals surface area contributed by atoms with Crippen LogP contribution < -0.4 is 9.47 Å². The lowest BCUT2D eigenvalue weighted by Crippen LogP contribution is -2.72. The molecule has 7 aliphatic rings. The van der Waals surface area contributed by atoms with E-state index in [2.05, 4.69) is 6.08 Å². The number of benzene rings is 1. The third kappa shape index (κ3) is 6.26. The van der Waals surface area contributed by atoms with E-state index in [0.29, 0.717) is 29.7 Å². The van der Waals surface area contributed by atoms with Crippen LogP contribution in [-0.2, 0) is 35.0 Å². The van der Waals surface area contributed by atoms with Crippen LogP contribution in [0.4, 0.5) is 0 Å². The Hall–Kier alpha value is -4.60. The summed E-state index contributed by atoms with van der Waals surface area (Å²) in [6.07, 6.45) is 2.64. The van der Waals surface area contributed by atoms with Crippen molar-refractivity contribution in [2.45, 2.75) is 141 Å². The summed E-state index contributed by atoms with van der Waals surface area (Å²) in [4.78, 5) is 54.7. The number of aliphatic hydroxyl groups is 3. The number of carboxylic acid groups (broad SMARTS) is 1. The molecule has 5 N–H and O–H groups in total. The fraction of sp³-hybridized carbons (Fsp3) is 0.545. The van der Waals surface area contributed by atoms with Gasteiger partial charge in [-0.3, -0.25) is 9.59 Å². The number of phenolic OH excluding ortho intramolecular Hbond substituents is 1. The molecule has 10 atom stereocenters. The Morgan fingerprint density at radius 1 is 0.931 bits per heavy atom. The van der Waals surface area contributed by atoms with Crippen LogP contribution in [0.15, 0.2) is 52.7 Å². The first-order chi connectivity index (χ1) is 27.1. The number of ketones is 2. The smallest absolute Gasteiger partial charge is 0.335 e. The summed E-state index contributed by atoms with van der Waals surface area (Å²) < 4.78 is 31.2. The number of ether oxygens (including phenoxy) is 5. The highest BCUT2D eigenvalue weighted by Gasteiger charge is 2.81. The zero-order valence-corrected chi connectivity index (χ0v) is 34.0. The van der Waals surface area contributed by atoms with Crippen LogP contribution in [0.25, 0.3) is 6.08 Å². The molecule has 2 saturated heterocycles. The van der Waals surface area contributed by atoms with Crippen LogP contribution in [0.3, 0.4) is 0 Å². The number of rotatable bonds is 10. The van der Waals surface area contributed by atoms with Gasteiger partial charge in [-0.05, 0) is 93.2 Å². The van der Waals surface area contributed by atoms with Gasteiger partial charge in [0, 0.05) is 35.0 Å². The molecule has 14 heteroatoms. The first kappa shape index (κ1) is 41.6. The first-order valence-electron chi connectivity index (χ1n) is 19.7. The minimum absolute atomic E-state index is 0.0326. The molecule has 3 aliphatic carbocycles. The molecule has 0 aromatic heterocycles. The van der Waals surface area contributed by atoms with Gasteiger partial charge in [0.25, 0.3) is 0 Å². The average Bonchev–Trinajstić information content (AvgIpc) is 3.30. The topological polar surface area (TPSA) is 216 Å². The second-order valence-electron chi connectivity index (χ2n) is 17.6. The van der Waals surface area contributed by atoms with E-state index in [1.807, 2.05) is 60.6 Å². The molecule has 0 unspecified atom stereocenters. The van der Waals surface area contributed by atoms with Gasteiger partial charge in [-0.15, -0.1) is 0 Å². The molecule has 4 aliphatic heterocycles. The molecule has 4 heterocycles. The Labute approximate surface area is 336 Å². The Kier molecular flexibility index (Phi) is 10.2. The minimum Gasteiger partial charge on any atom is -0.506 e. The summed E-state index contributed by atoms with van der Waals surface area (Å²) >= 11 is 0. The second kappa shape index (κ2) is 14.3. The van der Waals surface area contributed by atoms with Crippen molar-refractivity contribution < 1.29 is 68.4 Å². The van der Waals surface area contributed by atoms with Crippen LogP contribution in [0, 0.1) is 11.8 Å². The quantitative estimate of drug-likeness (QED) is 0.124. The first-order valence-corrected chi connectivity index (χ1v) is 19.7. The van der Waals surface area contributed by atoms with Crippen molar-refractivity contribution >= 4 is 29.6 Å². The lowest BCUT2D eigenvalue weighted by Gasteiger charge is -2.56. The summed E-state index contributed by atoms with van der Waals surface area (Å²) in [5, 5.41) is 52.1. The van der Waals surface area contributed by atoms with Crippen molar-refractivity contribution in [2.24, 2.45) is 11.8 Å². The number of hydrogen-bond donors (Lipinski definition) is 5. The molecule has 14 nitrogen and oxygen atoms in total. The van der Waals surface area contributed by atoms with Gasteiger partial charge in [-0.1, -0.05) is 35.5 Å². The molecule has 0 radical (unpaired) electrons. The summed E-state index contributed by atoms with van der Waals surface area (Å²) in [6.45, 7) is 14.9. The lowest BCUT2D eigenvalue weighted by atomic mass is 9.51. The number of carbonyl (C=O) groups is 4. The molecule has 3 fully saturated rings. The molecule has 8 rings (SSSR count). The number of hydrogen-bond acceptors (Lipinski definition) is 13. The maximum Gasteiger partial charge on any atom is 0.335 e. The highest BCUT2D eigenvalue weighted by molar-refractivity contribution is 6.19. The summed E-state index contributed by atoms with van der Waals surface area (Å²) in [7, 11) is 0. The zero-order valence-electron chi connectivity index (χ0n) is 34.0. The van der Waals surface area contributed by atoms with Gasteiger partial charge < -0.3 is 49.2 Å². The lowest BCUT2D eigenvalue weighted by molar-refractivity contribution is -0.285. The van der Waals surface area contributed by atoms with E-state index in [-0.39, 0.29) is 46.8 Å². The number of fused-ring (bicyclic) bond motifs is 2. The molecule has 1 aromatic carbocycles. The minimum atomic E-state index is -1.99. The molecule has 58 heavy (non-hydrogen) atoms. The predicted molar refractivity (Wildman–Crippen MR) is 207 cm³/mol. The monoisotopic (exact) mass is 804 g/mol. The highest BCUT2D eigenvalue weighted by Crippen LogP contribution is 2.68. The number of aromatic hydroxyl groups is 1. The molecular weight excluding hydrogens is 752 g/mol. The third-order valence-electron chi connectivity index (χ3n) is 12.5. The van der Waals surface area contributed by atoms with Crippen LogP contribution in [-0.4, -0.2) is 102 Å². The number of allylic oxidation sites excluding steroid dienone is 5.